The number of rotatable bonds is 4. The quantitative estimate of drug-likeness (QED) is 0.862. The van der Waals surface area contributed by atoms with Gasteiger partial charge in [-0.2, -0.15) is 0 Å². The summed E-state index contributed by atoms with van der Waals surface area (Å²) in [6, 6.07) is 14.0. The Labute approximate surface area is 118 Å². The number of aryl methyl sites for hydroxylation is 2. The maximum Gasteiger partial charge on any atom is 0.248 e. The van der Waals surface area contributed by atoms with E-state index in [-0.39, 0.29) is 5.91 Å². The maximum absolute atomic E-state index is 11.0. The van der Waals surface area contributed by atoms with E-state index in [1.54, 1.807) is 23.9 Å². The van der Waals surface area contributed by atoms with Gasteiger partial charge in [0.15, 0.2) is 0 Å². The molecule has 0 aliphatic heterocycles. The highest BCUT2D eigenvalue weighted by Gasteiger charge is 2.01. The summed E-state index contributed by atoms with van der Waals surface area (Å²) in [5, 5.41) is 0. The third-order valence-corrected chi connectivity index (χ3v) is 4.19. The fourth-order valence-corrected chi connectivity index (χ4v) is 2.69. The standard InChI is InChI=1S/C16H17NOS/c1-11-3-8-15(9-12(11)2)19-10-13-4-6-14(7-5-13)16(17)18/h3-9H,10H2,1-2H3,(H2,17,18). The van der Waals surface area contributed by atoms with Crippen molar-refractivity contribution in [3.8, 4) is 0 Å². The molecule has 0 saturated carbocycles. The molecule has 0 radical (unpaired) electrons. The van der Waals surface area contributed by atoms with Gasteiger partial charge >= 0.3 is 0 Å². The highest BCUT2D eigenvalue weighted by atomic mass is 32.2. The van der Waals surface area contributed by atoms with Gasteiger partial charge in [0.1, 0.15) is 0 Å². The first kappa shape index (κ1) is 13.7. The van der Waals surface area contributed by atoms with Crippen molar-refractivity contribution in [1.82, 2.24) is 0 Å². The van der Waals surface area contributed by atoms with Crippen LogP contribution in [0.2, 0.25) is 0 Å². The van der Waals surface area contributed by atoms with Crippen LogP contribution in [0.4, 0.5) is 0 Å². The van der Waals surface area contributed by atoms with E-state index in [0.717, 1.165) is 5.75 Å². The van der Waals surface area contributed by atoms with Gasteiger partial charge in [0, 0.05) is 16.2 Å². The highest BCUT2D eigenvalue weighted by molar-refractivity contribution is 7.98. The molecule has 0 aliphatic rings. The molecule has 2 rings (SSSR count). The Kier molecular flexibility index (Phi) is 4.27. The van der Waals surface area contributed by atoms with Crippen LogP contribution < -0.4 is 5.73 Å². The molecular weight excluding hydrogens is 254 g/mol. The van der Waals surface area contributed by atoms with Gasteiger partial charge < -0.3 is 5.73 Å². The average molecular weight is 271 g/mol. The summed E-state index contributed by atoms with van der Waals surface area (Å²) in [7, 11) is 0. The van der Waals surface area contributed by atoms with Crippen LogP contribution in [0.25, 0.3) is 0 Å². The molecule has 0 saturated heterocycles. The van der Waals surface area contributed by atoms with Crippen molar-refractivity contribution in [2.45, 2.75) is 24.5 Å². The maximum atomic E-state index is 11.0. The smallest absolute Gasteiger partial charge is 0.248 e. The largest absolute Gasteiger partial charge is 0.366 e. The summed E-state index contributed by atoms with van der Waals surface area (Å²) >= 11 is 1.79. The molecule has 0 aromatic heterocycles. The van der Waals surface area contributed by atoms with E-state index in [2.05, 4.69) is 32.0 Å². The molecular formula is C16H17NOS. The van der Waals surface area contributed by atoms with Crippen molar-refractivity contribution in [3.05, 3.63) is 64.7 Å². The second-order valence-electron chi connectivity index (χ2n) is 4.60. The molecule has 0 spiro atoms. The second-order valence-corrected chi connectivity index (χ2v) is 5.64. The molecule has 0 heterocycles. The van der Waals surface area contributed by atoms with Crippen LogP contribution in [0.1, 0.15) is 27.0 Å². The number of hydrogen-bond acceptors (Lipinski definition) is 2. The van der Waals surface area contributed by atoms with Crippen LogP contribution in [0.5, 0.6) is 0 Å². The zero-order chi connectivity index (χ0) is 13.8. The van der Waals surface area contributed by atoms with Crippen LogP contribution in [0.15, 0.2) is 47.4 Å². The Hall–Kier alpha value is -1.74. The molecule has 1 amide bonds. The molecule has 3 heteroatoms. The normalized spacial score (nSPS) is 10.4. The molecule has 2 aromatic rings. The zero-order valence-corrected chi connectivity index (χ0v) is 12.0. The Morgan fingerprint density at radius 2 is 1.74 bits per heavy atom. The van der Waals surface area contributed by atoms with Crippen LogP contribution in [0, 0.1) is 13.8 Å². The first-order valence-corrected chi connectivity index (χ1v) is 7.13. The van der Waals surface area contributed by atoms with Crippen LogP contribution >= 0.6 is 11.8 Å². The summed E-state index contributed by atoms with van der Waals surface area (Å²) in [6.45, 7) is 4.24. The second kappa shape index (κ2) is 5.93. The molecule has 0 bridgehead atoms. The topological polar surface area (TPSA) is 43.1 Å². The third kappa shape index (κ3) is 3.61. The predicted molar refractivity (Wildman–Crippen MR) is 80.4 cm³/mol. The summed E-state index contributed by atoms with van der Waals surface area (Å²) in [5.41, 5.74) is 9.59. The molecule has 0 fully saturated rings. The van der Waals surface area contributed by atoms with E-state index in [0.29, 0.717) is 5.56 Å². The number of amides is 1. The lowest BCUT2D eigenvalue weighted by atomic mass is 10.1. The fraction of sp³-hybridized carbons (Fsp3) is 0.188. The minimum Gasteiger partial charge on any atom is -0.366 e. The number of carbonyl (C=O) groups excluding carboxylic acids is 1. The van der Waals surface area contributed by atoms with Gasteiger partial charge in [-0.15, -0.1) is 11.8 Å². The van der Waals surface area contributed by atoms with Crippen molar-refractivity contribution >= 4 is 17.7 Å². The highest BCUT2D eigenvalue weighted by Crippen LogP contribution is 2.24. The molecule has 2 nitrogen and oxygen atoms in total. The van der Waals surface area contributed by atoms with E-state index in [4.69, 9.17) is 5.73 Å². The number of thioether (sulfide) groups is 1. The Morgan fingerprint density at radius 3 is 2.32 bits per heavy atom. The molecule has 0 aliphatic carbocycles. The van der Waals surface area contributed by atoms with E-state index in [9.17, 15) is 4.79 Å². The lowest BCUT2D eigenvalue weighted by Gasteiger charge is -2.05. The molecule has 2 aromatic carbocycles. The molecule has 0 unspecified atom stereocenters. The first-order chi connectivity index (χ1) is 9.06. The fourth-order valence-electron chi connectivity index (χ4n) is 1.74. The lowest BCUT2D eigenvalue weighted by molar-refractivity contribution is 0.100. The van der Waals surface area contributed by atoms with Crippen LogP contribution in [-0.2, 0) is 5.75 Å². The molecule has 0 atom stereocenters. The van der Waals surface area contributed by atoms with Crippen LogP contribution in [0.3, 0.4) is 0 Å². The zero-order valence-electron chi connectivity index (χ0n) is 11.1. The van der Waals surface area contributed by atoms with Crippen molar-refractivity contribution in [2.75, 3.05) is 0 Å². The van der Waals surface area contributed by atoms with Crippen molar-refractivity contribution in [1.29, 1.82) is 0 Å². The van der Waals surface area contributed by atoms with E-state index in [1.165, 1.54) is 21.6 Å². The summed E-state index contributed by atoms with van der Waals surface area (Å²) in [4.78, 5) is 12.2. The number of benzene rings is 2. The van der Waals surface area contributed by atoms with Crippen molar-refractivity contribution in [3.63, 3.8) is 0 Å². The van der Waals surface area contributed by atoms with Gasteiger partial charge in [-0.1, -0.05) is 18.2 Å². The van der Waals surface area contributed by atoms with Gasteiger partial charge in [0.2, 0.25) is 5.91 Å². The Morgan fingerprint density at radius 1 is 1.05 bits per heavy atom. The number of carbonyl (C=O) groups is 1. The van der Waals surface area contributed by atoms with Crippen LogP contribution in [-0.4, -0.2) is 5.91 Å². The average Bonchev–Trinajstić information content (AvgIpc) is 2.40. The van der Waals surface area contributed by atoms with E-state index < -0.39 is 0 Å². The Balaban J connectivity index is 2.01. The molecule has 2 N–H and O–H groups in total. The predicted octanol–water partition coefficient (Wildman–Crippen LogP) is 3.69. The number of hydrogen-bond donors (Lipinski definition) is 1. The minimum atomic E-state index is -0.381. The van der Waals surface area contributed by atoms with Crippen molar-refractivity contribution < 1.29 is 4.79 Å². The van der Waals surface area contributed by atoms with Crippen molar-refractivity contribution in [2.24, 2.45) is 5.73 Å². The van der Waals surface area contributed by atoms with Gasteiger partial charge in [0.25, 0.3) is 0 Å². The monoisotopic (exact) mass is 271 g/mol. The summed E-state index contributed by atoms with van der Waals surface area (Å²) in [5.74, 6) is 0.509. The summed E-state index contributed by atoms with van der Waals surface area (Å²) in [6.07, 6.45) is 0. The SMILES string of the molecule is Cc1ccc(SCc2ccc(C(N)=O)cc2)cc1C. The van der Waals surface area contributed by atoms with E-state index >= 15 is 0 Å². The Bertz CT molecular complexity index is 590. The molecule has 19 heavy (non-hydrogen) atoms. The van der Waals surface area contributed by atoms with E-state index in [1.807, 2.05) is 12.1 Å². The van der Waals surface area contributed by atoms with Gasteiger partial charge in [-0.3, -0.25) is 4.79 Å². The first-order valence-electron chi connectivity index (χ1n) is 6.15. The van der Waals surface area contributed by atoms with Gasteiger partial charge in [-0.25, -0.2) is 0 Å². The summed E-state index contributed by atoms with van der Waals surface area (Å²) < 4.78 is 0. The molecule has 98 valence electrons. The lowest BCUT2D eigenvalue weighted by Crippen LogP contribution is -2.10. The third-order valence-electron chi connectivity index (χ3n) is 3.12. The van der Waals surface area contributed by atoms with Gasteiger partial charge in [-0.05, 0) is 54.8 Å². The van der Waals surface area contributed by atoms with Gasteiger partial charge in [0.05, 0.1) is 0 Å². The number of nitrogens with two attached hydrogens (primary N) is 1. The number of primary amides is 1. The minimum absolute atomic E-state index is 0.381.